The van der Waals surface area contributed by atoms with Crippen LogP contribution in [0.4, 0.5) is 0 Å². The van der Waals surface area contributed by atoms with Crippen LogP contribution in [0.25, 0.3) is 5.69 Å². The van der Waals surface area contributed by atoms with E-state index in [1.807, 2.05) is 6.92 Å². The van der Waals surface area contributed by atoms with E-state index in [0.717, 1.165) is 11.9 Å². The average Bonchev–Trinajstić information content (AvgIpc) is 2.47. The van der Waals surface area contributed by atoms with Crippen molar-refractivity contribution in [2.24, 2.45) is 0 Å². The van der Waals surface area contributed by atoms with Crippen LogP contribution in [0.15, 0.2) is 35.3 Å². The number of carbonyl (C=O) groups excluding carboxylic acids is 1. The van der Waals surface area contributed by atoms with Crippen LogP contribution in [0.5, 0.6) is 0 Å². The van der Waals surface area contributed by atoms with Crippen molar-refractivity contribution in [3.63, 3.8) is 0 Å². The molecule has 6 heteroatoms. The fraction of sp³-hybridized carbons (Fsp3) is 0.214. The van der Waals surface area contributed by atoms with E-state index >= 15 is 0 Å². The average molecular weight is 293 g/mol. The first-order valence-electron chi connectivity index (χ1n) is 6.04. The van der Waals surface area contributed by atoms with E-state index in [9.17, 15) is 9.59 Å². The predicted octanol–water partition coefficient (Wildman–Crippen LogP) is 2.23. The van der Waals surface area contributed by atoms with Gasteiger partial charge in [0.05, 0.1) is 24.7 Å². The van der Waals surface area contributed by atoms with Gasteiger partial charge in [0.15, 0.2) is 0 Å². The standard InChI is InChI=1S/C14H13ClN2O3/c1-3-11-13(14(19)20-2)12(18)8-16-17(11)10-6-4-9(15)5-7-10/h4-8H,3H2,1-2H3. The van der Waals surface area contributed by atoms with Crippen LogP contribution in [0, 0.1) is 0 Å². The Hall–Kier alpha value is -2.14. The number of halogens is 1. The highest BCUT2D eigenvalue weighted by Gasteiger charge is 2.19. The molecule has 20 heavy (non-hydrogen) atoms. The summed E-state index contributed by atoms with van der Waals surface area (Å²) in [5.74, 6) is -0.656. The monoisotopic (exact) mass is 292 g/mol. The van der Waals surface area contributed by atoms with E-state index in [-0.39, 0.29) is 5.56 Å². The zero-order valence-electron chi connectivity index (χ0n) is 11.1. The van der Waals surface area contributed by atoms with Gasteiger partial charge in [0.1, 0.15) is 5.56 Å². The van der Waals surface area contributed by atoms with Crippen LogP contribution in [0.2, 0.25) is 5.02 Å². The van der Waals surface area contributed by atoms with Crippen LogP contribution in [0.3, 0.4) is 0 Å². The molecule has 0 aliphatic carbocycles. The van der Waals surface area contributed by atoms with Gasteiger partial charge in [-0.2, -0.15) is 5.10 Å². The van der Waals surface area contributed by atoms with Gasteiger partial charge in [-0.25, -0.2) is 9.48 Å². The minimum Gasteiger partial charge on any atom is -0.465 e. The molecule has 0 amide bonds. The Morgan fingerprint density at radius 1 is 1.35 bits per heavy atom. The van der Waals surface area contributed by atoms with E-state index < -0.39 is 11.4 Å². The Balaban J connectivity index is 2.68. The van der Waals surface area contributed by atoms with Crippen molar-refractivity contribution in [3.8, 4) is 5.69 Å². The van der Waals surface area contributed by atoms with E-state index in [2.05, 4.69) is 9.84 Å². The maximum absolute atomic E-state index is 11.8. The summed E-state index contributed by atoms with van der Waals surface area (Å²) in [5.41, 5.74) is 0.793. The predicted molar refractivity (Wildman–Crippen MR) is 75.6 cm³/mol. The van der Waals surface area contributed by atoms with Gasteiger partial charge in [0, 0.05) is 5.02 Å². The summed E-state index contributed by atoms with van der Waals surface area (Å²) in [6.07, 6.45) is 1.58. The summed E-state index contributed by atoms with van der Waals surface area (Å²) < 4.78 is 6.21. The first-order chi connectivity index (χ1) is 9.58. The van der Waals surface area contributed by atoms with Crippen LogP contribution in [-0.4, -0.2) is 22.9 Å². The van der Waals surface area contributed by atoms with E-state index in [1.54, 1.807) is 28.9 Å². The molecule has 1 aromatic carbocycles. The van der Waals surface area contributed by atoms with Crippen LogP contribution < -0.4 is 5.43 Å². The molecule has 0 saturated heterocycles. The number of rotatable bonds is 3. The molecule has 0 atom stereocenters. The second-order valence-corrected chi connectivity index (χ2v) is 4.50. The topological polar surface area (TPSA) is 61.2 Å². The van der Waals surface area contributed by atoms with Gasteiger partial charge in [-0.3, -0.25) is 4.79 Å². The molecule has 1 aromatic heterocycles. The number of ether oxygens (including phenoxy) is 1. The lowest BCUT2D eigenvalue weighted by molar-refractivity contribution is 0.0596. The molecule has 0 radical (unpaired) electrons. The first kappa shape index (κ1) is 14.3. The lowest BCUT2D eigenvalue weighted by Gasteiger charge is -2.13. The summed E-state index contributed by atoms with van der Waals surface area (Å²) >= 11 is 5.85. The normalized spacial score (nSPS) is 10.3. The zero-order valence-corrected chi connectivity index (χ0v) is 11.8. The third-order valence-corrected chi connectivity index (χ3v) is 3.13. The number of benzene rings is 1. The Kier molecular flexibility index (Phi) is 4.20. The summed E-state index contributed by atoms with van der Waals surface area (Å²) in [4.78, 5) is 23.6. The molecule has 0 fully saturated rings. The Morgan fingerprint density at radius 3 is 2.55 bits per heavy atom. The number of hydrogen-bond acceptors (Lipinski definition) is 4. The zero-order chi connectivity index (χ0) is 14.7. The van der Waals surface area contributed by atoms with Crippen molar-refractivity contribution in [2.75, 3.05) is 7.11 Å². The molecule has 2 rings (SSSR count). The number of aromatic nitrogens is 2. The molecule has 0 spiro atoms. The molecule has 0 aliphatic heterocycles. The highest BCUT2D eigenvalue weighted by atomic mass is 35.5. The van der Waals surface area contributed by atoms with Crippen molar-refractivity contribution in [3.05, 3.63) is 57.0 Å². The molecule has 104 valence electrons. The molecule has 1 heterocycles. The second kappa shape index (κ2) is 5.88. The third-order valence-electron chi connectivity index (χ3n) is 2.88. The van der Waals surface area contributed by atoms with Crippen molar-refractivity contribution in [1.29, 1.82) is 0 Å². The Labute approximate surface area is 120 Å². The first-order valence-corrected chi connectivity index (χ1v) is 6.41. The molecular formula is C14H13ClN2O3. The van der Waals surface area contributed by atoms with Crippen molar-refractivity contribution in [1.82, 2.24) is 9.78 Å². The largest absolute Gasteiger partial charge is 0.465 e. The smallest absolute Gasteiger partial charge is 0.343 e. The SMILES string of the molecule is CCc1c(C(=O)OC)c(=O)cnn1-c1ccc(Cl)cc1. The molecule has 0 bridgehead atoms. The molecule has 5 nitrogen and oxygen atoms in total. The summed E-state index contributed by atoms with van der Waals surface area (Å²) in [5, 5.41) is 4.68. The van der Waals surface area contributed by atoms with Crippen LogP contribution >= 0.6 is 11.6 Å². The van der Waals surface area contributed by atoms with E-state index in [0.29, 0.717) is 17.1 Å². The van der Waals surface area contributed by atoms with Crippen molar-refractivity contribution >= 4 is 17.6 Å². The minimum atomic E-state index is -0.656. The quantitative estimate of drug-likeness (QED) is 0.814. The van der Waals surface area contributed by atoms with Gasteiger partial charge in [0.2, 0.25) is 5.43 Å². The Bertz CT molecular complexity index is 693. The molecule has 0 N–H and O–H groups in total. The van der Waals surface area contributed by atoms with Crippen molar-refractivity contribution < 1.29 is 9.53 Å². The third kappa shape index (κ3) is 2.58. The van der Waals surface area contributed by atoms with E-state index in [4.69, 9.17) is 11.6 Å². The maximum atomic E-state index is 11.8. The highest BCUT2D eigenvalue weighted by molar-refractivity contribution is 6.30. The maximum Gasteiger partial charge on any atom is 0.343 e. The number of hydrogen-bond donors (Lipinski definition) is 0. The van der Waals surface area contributed by atoms with Gasteiger partial charge >= 0.3 is 5.97 Å². The number of methoxy groups -OCH3 is 1. The minimum absolute atomic E-state index is 0.0138. The van der Waals surface area contributed by atoms with Gasteiger partial charge in [-0.15, -0.1) is 0 Å². The summed E-state index contributed by atoms with van der Waals surface area (Å²) in [6, 6.07) is 6.96. The fourth-order valence-electron chi connectivity index (χ4n) is 1.94. The van der Waals surface area contributed by atoms with Crippen molar-refractivity contribution in [2.45, 2.75) is 13.3 Å². The van der Waals surface area contributed by atoms with Crippen LogP contribution in [0.1, 0.15) is 23.0 Å². The summed E-state index contributed by atoms with van der Waals surface area (Å²) in [7, 11) is 1.24. The molecule has 0 aliphatic rings. The molecule has 0 unspecified atom stereocenters. The number of carbonyl (C=O) groups is 1. The second-order valence-electron chi connectivity index (χ2n) is 4.06. The molecular weight excluding hydrogens is 280 g/mol. The number of esters is 1. The van der Waals surface area contributed by atoms with Gasteiger partial charge in [-0.05, 0) is 30.7 Å². The fourth-order valence-corrected chi connectivity index (χ4v) is 2.07. The van der Waals surface area contributed by atoms with E-state index in [1.165, 1.54) is 7.11 Å². The van der Waals surface area contributed by atoms with Gasteiger partial charge in [0.25, 0.3) is 0 Å². The lowest BCUT2D eigenvalue weighted by Crippen LogP contribution is -2.24. The van der Waals surface area contributed by atoms with Gasteiger partial charge < -0.3 is 4.74 Å². The molecule has 2 aromatic rings. The summed E-state index contributed by atoms with van der Waals surface area (Å²) in [6.45, 7) is 1.84. The van der Waals surface area contributed by atoms with Crippen LogP contribution in [-0.2, 0) is 11.2 Å². The molecule has 0 saturated carbocycles. The Morgan fingerprint density at radius 2 is 2.00 bits per heavy atom. The highest BCUT2D eigenvalue weighted by Crippen LogP contribution is 2.16. The van der Waals surface area contributed by atoms with Gasteiger partial charge in [-0.1, -0.05) is 18.5 Å². The lowest BCUT2D eigenvalue weighted by atomic mass is 10.1. The number of nitrogens with zero attached hydrogens (tertiary/aromatic N) is 2.